The lowest BCUT2D eigenvalue weighted by atomic mass is 9.92. The van der Waals surface area contributed by atoms with Crippen molar-refractivity contribution in [2.75, 3.05) is 0 Å². The molecule has 0 aliphatic carbocycles. The van der Waals surface area contributed by atoms with E-state index in [0.717, 1.165) is 0 Å². The lowest BCUT2D eigenvalue weighted by Crippen LogP contribution is -2.15. The van der Waals surface area contributed by atoms with Crippen molar-refractivity contribution in [2.45, 2.75) is 31.7 Å². The molecule has 0 spiro atoms. The molecular formula is C13H15ClO4. The molecule has 0 bridgehead atoms. The van der Waals surface area contributed by atoms with E-state index in [0.29, 0.717) is 17.5 Å². The molecule has 98 valence electrons. The molecule has 0 radical (unpaired) electrons. The van der Waals surface area contributed by atoms with Gasteiger partial charge in [0.25, 0.3) is 0 Å². The number of hydrogen-bond acceptors (Lipinski definition) is 3. The van der Waals surface area contributed by atoms with E-state index >= 15 is 0 Å². The van der Waals surface area contributed by atoms with Crippen molar-refractivity contribution in [3.05, 3.63) is 34.9 Å². The Morgan fingerprint density at radius 3 is 2.33 bits per heavy atom. The second-order valence-corrected chi connectivity index (χ2v) is 4.42. The van der Waals surface area contributed by atoms with Crippen LogP contribution >= 0.6 is 11.6 Å². The molecule has 0 saturated carbocycles. The Morgan fingerprint density at radius 1 is 1.33 bits per heavy atom. The number of rotatable bonds is 5. The van der Waals surface area contributed by atoms with Gasteiger partial charge >= 0.3 is 5.97 Å². The van der Waals surface area contributed by atoms with Crippen molar-refractivity contribution >= 4 is 23.4 Å². The van der Waals surface area contributed by atoms with Crippen molar-refractivity contribution in [2.24, 2.45) is 0 Å². The number of carboxylic acids is 1. The number of aliphatic hydroxyl groups is 1. The Morgan fingerprint density at radius 2 is 1.89 bits per heavy atom. The van der Waals surface area contributed by atoms with Gasteiger partial charge in [0.1, 0.15) is 5.38 Å². The third-order valence-electron chi connectivity index (χ3n) is 2.76. The summed E-state index contributed by atoms with van der Waals surface area (Å²) in [5, 5.41) is 17.7. The summed E-state index contributed by atoms with van der Waals surface area (Å²) in [6, 6.07) is 4.80. The summed E-state index contributed by atoms with van der Waals surface area (Å²) in [6.45, 7) is 3.19. The highest BCUT2D eigenvalue weighted by atomic mass is 35.5. The maximum absolute atomic E-state index is 11.3. The van der Waals surface area contributed by atoms with E-state index in [2.05, 4.69) is 0 Å². The van der Waals surface area contributed by atoms with Crippen molar-refractivity contribution in [1.29, 1.82) is 0 Å². The van der Waals surface area contributed by atoms with Crippen LogP contribution in [0.3, 0.4) is 0 Å². The summed E-state index contributed by atoms with van der Waals surface area (Å²) in [4.78, 5) is 22.1. The molecule has 4 nitrogen and oxygen atoms in total. The minimum atomic E-state index is -1.60. The van der Waals surface area contributed by atoms with Crippen molar-refractivity contribution in [1.82, 2.24) is 0 Å². The van der Waals surface area contributed by atoms with Crippen LogP contribution < -0.4 is 0 Å². The Hall–Kier alpha value is -1.39. The molecule has 1 aromatic carbocycles. The first-order valence-electron chi connectivity index (χ1n) is 5.57. The number of halogens is 1. The highest BCUT2D eigenvalue weighted by molar-refractivity contribution is 6.30. The second-order valence-electron chi connectivity index (χ2n) is 3.98. The van der Waals surface area contributed by atoms with E-state index < -0.39 is 17.5 Å². The molecule has 0 saturated heterocycles. The molecule has 18 heavy (non-hydrogen) atoms. The minimum Gasteiger partial charge on any atom is -0.479 e. The zero-order chi connectivity index (χ0) is 13.9. The van der Waals surface area contributed by atoms with Gasteiger partial charge in [0.2, 0.25) is 0 Å². The normalized spacial score (nSPS) is 14.0. The molecule has 0 aliphatic heterocycles. The number of Topliss-reactive ketones (excluding diaryl/α,β-unsaturated/α-hetero) is 1. The molecule has 0 amide bonds. The van der Waals surface area contributed by atoms with Crippen LogP contribution in [0.5, 0.6) is 0 Å². The van der Waals surface area contributed by atoms with Crippen LogP contribution in [0.4, 0.5) is 0 Å². The van der Waals surface area contributed by atoms with Crippen LogP contribution in [0.25, 0.3) is 0 Å². The average molecular weight is 271 g/mol. The largest absolute Gasteiger partial charge is 0.479 e. The van der Waals surface area contributed by atoms with Gasteiger partial charge in [-0.1, -0.05) is 25.1 Å². The summed E-state index contributed by atoms with van der Waals surface area (Å²) in [7, 11) is 0. The number of ketones is 1. The number of carboxylic acid groups (broad SMARTS) is 1. The van der Waals surface area contributed by atoms with Crippen LogP contribution in [-0.4, -0.2) is 22.0 Å². The number of aliphatic carboxylic acids is 1. The number of alkyl halides is 1. The molecule has 0 heterocycles. The first-order valence-corrected chi connectivity index (χ1v) is 6.00. The van der Waals surface area contributed by atoms with Crippen LogP contribution in [-0.2, 0) is 16.0 Å². The number of carbonyl (C=O) groups is 2. The lowest BCUT2D eigenvalue weighted by molar-refractivity contribution is -0.147. The Balaban J connectivity index is 3.34. The summed E-state index contributed by atoms with van der Waals surface area (Å²) >= 11 is 6.00. The Labute approximate surface area is 110 Å². The molecule has 0 aliphatic rings. The highest BCUT2D eigenvalue weighted by Gasteiger charge is 2.24. The first-order chi connectivity index (χ1) is 8.40. The van der Waals surface area contributed by atoms with Gasteiger partial charge < -0.3 is 10.2 Å². The van der Waals surface area contributed by atoms with Crippen LogP contribution in [0.1, 0.15) is 42.0 Å². The summed E-state index contributed by atoms with van der Waals surface area (Å²) in [6.07, 6.45) is -1.11. The number of benzene rings is 1. The van der Waals surface area contributed by atoms with E-state index in [1.165, 1.54) is 13.0 Å². The van der Waals surface area contributed by atoms with E-state index in [1.807, 2.05) is 6.92 Å². The number of hydrogen-bond donors (Lipinski definition) is 2. The van der Waals surface area contributed by atoms with Gasteiger partial charge in [0, 0.05) is 0 Å². The molecule has 2 atom stereocenters. The van der Waals surface area contributed by atoms with Crippen molar-refractivity contribution in [3.8, 4) is 0 Å². The van der Waals surface area contributed by atoms with Gasteiger partial charge in [-0.25, -0.2) is 4.79 Å². The minimum absolute atomic E-state index is 0.215. The fourth-order valence-corrected chi connectivity index (χ4v) is 2.08. The van der Waals surface area contributed by atoms with E-state index in [4.69, 9.17) is 16.7 Å². The van der Waals surface area contributed by atoms with Gasteiger partial charge in [-0.3, -0.25) is 4.79 Å². The summed E-state index contributed by atoms with van der Waals surface area (Å²) < 4.78 is 0. The molecule has 0 aromatic heterocycles. The quantitative estimate of drug-likeness (QED) is 0.805. The average Bonchev–Trinajstić information content (AvgIpc) is 2.35. The monoisotopic (exact) mass is 270 g/mol. The van der Waals surface area contributed by atoms with Crippen molar-refractivity contribution < 1.29 is 19.8 Å². The molecule has 2 N–H and O–H groups in total. The second kappa shape index (κ2) is 5.98. The van der Waals surface area contributed by atoms with E-state index in [1.54, 1.807) is 12.1 Å². The van der Waals surface area contributed by atoms with Gasteiger partial charge in [-0.2, -0.15) is 0 Å². The van der Waals surface area contributed by atoms with E-state index in [9.17, 15) is 14.7 Å². The van der Waals surface area contributed by atoms with Crippen molar-refractivity contribution in [3.63, 3.8) is 0 Å². The summed E-state index contributed by atoms with van der Waals surface area (Å²) in [5.41, 5.74) is 1.46. The smallest absolute Gasteiger partial charge is 0.337 e. The maximum Gasteiger partial charge on any atom is 0.337 e. The van der Waals surface area contributed by atoms with E-state index in [-0.39, 0.29) is 11.3 Å². The SMILES string of the molecule is CCc1c(C(O)C(=O)O)cccc1C(Cl)C(C)=O. The lowest BCUT2D eigenvalue weighted by Gasteiger charge is -2.17. The number of carbonyl (C=O) groups excluding carboxylic acids is 1. The number of aliphatic hydroxyl groups excluding tert-OH is 1. The topological polar surface area (TPSA) is 74.6 Å². The van der Waals surface area contributed by atoms with Crippen LogP contribution in [0.15, 0.2) is 18.2 Å². The Kier molecular flexibility index (Phi) is 4.87. The standard InChI is InChI=1S/C13H15ClO4/c1-3-8-9(11(14)7(2)15)5-4-6-10(8)12(16)13(17)18/h4-6,11-12,16H,3H2,1-2H3,(H,17,18). The molecule has 5 heteroatoms. The highest BCUT2D eigenvalue weighted by Crippen LogP contribution is 2.30. The third-order valence-corrected chi connectivity index (χ3v) is 3.30. The Bertz CT molecular complexity index is 432. The molecular weight excluding hydrogens is 256 g/mol. The predicted molar refractivity (Wildman–Crippen MR) is 67.7 cm³/mol. The van der Waals surface area contributed by atoms with Gasteiger partial charge in [0.15, 0.2) is 11.9 Å². The molecule has 0 fully saturated rings. The van der Waals surface area contributed by atoms with Crippen LogP contribution in [0.2, 0.25) is 0 Å². The predicted octanol–water partition coefficient (Wildman–Crippen LogP) is 2.24. The third kappa shape index (κ3) is 2.89. The molecule has 2 unspecified atom stereocenters. The molecule has 1 rings (SSSR count). The molecule has 1 aromatic rings. The van der Waals surface area contributed by atoms with Crippen LogP contribution in [0, 0.1) is 0 Å². The fraction of sp³-hybridized carbons (Fsp3) is 0.385. The zero-order valence-corrected chi connectivity index (χ0v) is 10.9. The first kappa shape index (κ1) is 14.7. The van der Waals surface area contributed by atoms with Gasteiger partial charge in [-0.15, -0.1) is 11.6 Å². The van der Waals surface area contributed by atoms with Gasteiger partial charge in [-0.05, 0) is 30.0 Å². The van der Waals surface area contributed by atoms with Gasteiger partial charge in [0.05, 0.1) is 0 Å². The zero-order valence-electron chi connectivity index (χ0n) is 10.2. The maximum atomic E-state index is 11.3. The summed E-state index contributed by atoms with van der Waals surface area (Å²) in [5.74, 6) is -1.54. The fourth-order valence-electron chi connectivity index (χ4n) is 1.88.